The van der Waals surface area contributed by atoms with Gasteiger partial charge >= 0.3 is 0 Å². The number of hydrogen-bond donors (Lipinski definition) is 4. The summed E-state index contributed by atoms with van der Waals surface area (Å²) in [5, 5.41) is 14.2. The molecular weight excluding hydrogens is 733 g/mol. The third-order valence-electron chi connectivity index (χ3n) is 7.84. The second kappa shape index (κ2) is 15.6. The Hall–Kier alpha value is -4.93. The number of carbonyl (C=O) groups excluding carboxylic acids is 2. The maximum absolute atomic E-state index is 13.4. The molecule has 0 aliphatic carbocycles. The van der Waals surface area contributed by atoms with E-state index in [4.69, 9.17) is 10.00 Å². The van der Waals surface area contributed by atoms with Gasteiger partial charge in [0.1, 0.15) is 32.8 Å². The van der Waals surface area contributed by atoms with Crippen molar-refractivity contribution in [1.82, 2.24) is 18.6 Å². The monoisotopic (exact) mass is 773 g/mol. The number of nitriles is 1. The normalized spacial score (nSPS) is 14.0. The van der Waals surface area contributed by atoms with E-state index in [1.54, 1.807) is 48.7 Å². The molecule has 0 radical (unpaired) electrons. The van der Waals surface area contributed by atoms with Crippen LogP contribution < -0.4 is 20.1 Å². The zero-order chi connectivity index (χ0) is 39.5. The summed E-state index contributed by atoms with van der Waals surface area (Å²) in [7, 11) is -4.56. The fourth-order valence-corrected chi connectivity index (χ4v) is 8.08. The summed E-state index contributed by atoms with van der Waals surface area (Å²) < 4.78 is 89.7. The Morgan fingerprint density at radius 3 is 1.60 bits per heavy atom. The first-order chi connectivity index (χ1) is 24.5. The zero-order valence-corrected chi connectivity index (χ0v) is 31.8. The number of nitrogens with zero attached hydrogens (tertiary/aromatic N) is 3. The Kier molecular flexibility index (Phi) is 12.0. The van der Waals surface area contributed by atoms with Crippen molar-refractivity contribution in [3.63, 3.8) is 0 Å². The van der Waals surface area contributed by atoms with Crippen molar-refractivity contribution >= 4 is 43.2 Å². The van der Waals surface area contributed by atoms with Crippen LogP contribution in [-0.2, 0) is 38.9 Å². The predicted octanol–water partition coefficient (Wildman–Crippen LogP) is 4.49. The zero-order valence-electron chi connectivity index (χ0n) is 30.2. The van der Waals surface area contributed by atoms with Crippen LogP contribution in [0.2, 0.25) is 0 Å². The number of carbonyl (C=O) groups is 2. The first kappa shape index (κ1) is 40.8. The van der Waals surface area contributed by atoms with E-state index in [0.29, 0.717) is 22.5 Å². The number of amides is 2. The Morgan fingerprint density at radius 2 is 1.25 bits per heavy atom. The van der Waals surface area contributed by atoms with Gasteiger partial charge in [0, 0.05) is 43.4 Å². The van der Waals surface area contributed by atoms with Crippen LogP contribution in [0.1, 0.15) is 59.3 Å². The van der Waals surface area contributed by atoms with Crippen LogP contribution >= 0.6 is 0 Å². The summed E-state index contributed by atoms with van der Waals surface area (Å²) in [5.41, 5.74) is 0.317. The topological polar surface area (TPSA) is 193 Å². The van der Waals surface area contributed by atoms with E-state index in [2.05, 4.69) is 20.1 Å². The first-order valence-electron chi connectivity index (χ1n) is 16.1. The lowest BCUT2D eigenvalue weighted by atomic mass is 9.96. The molecule has 1 fully saturated rings. The number of hydrogen-bond acceptors (Lipinski definition) is 8. The number of benzene rings is 2. The number of aromatic nitrogens is 2. The Morgan fingerprint density at radius 1 is 0.811 bits per heavy atom. The Bertz CT molecular complexity index is 2300. The highest BCUT2D eigenvalue weighted by molar-refractivity contribution is 7.89. The van der Waals surface area contributed by atoms with Gasteiger partial charge in [-0.1, -0.05) is 0 Å². The minimum Gasteiger partial charge on any atom is -0.377 e. The average molecular weight is 774 g/mol. The number of aryl methyl sites for hydroxylation is 4. The third-order valence-corrected chi connectivity index (χ3v) is 11.1. The maximum Gasteiger partial charge on any atom is 0.272 e. The molecule has 4 N–H and O–H groups in total. The molecule has 53 heavy (non-hydrogen) atoms. The van der Waals surface area contributed by atoms with Gasteiger partial charge in [0.25, 0.3) is 11.8 Å². The second-order valence-corrected chi connectivity index (χ2v) is 17.1. The molecule has 2 aromatic heterocycles. The lowest BCUT2D eigenvalue weighted by Gasteiger charge is -2.39. The molecule has 3 heterocycles. The van der Waals surface area contributed by atoms with Crippen LogP contribution in [0, 0.1) is 36.8 Å². The SMILES string of the molecule is Cc1cc(NC(=O)c2cc(S(=O)(=O)NC(C)(C)C)cn2C)ccc1F.Cc1cc(NC(=O)c2cc(S(=O)(=O)NC3(CC#N)COC3)cn2C)ccc1F. The van der Waals surface area contributed by atoms with Crippen LogP contribution in [0.5, 0.6) is 0 Å². The molecule has 1 aliphatic heterocycles. The van der Waals surface area contributed by atoms with Crippen LogP contribution in [0.15, 0.2) is 70.7 Å². The predicted molar refractivity (Wildman–Crippen MR) is 193 cm³/mol. The number of ether oxygens (including phenoxy) is 1. The van der Waals surface area contributed by atoms with E-state index in [1.165, 1.54) is 70.1 Å². The van der Waals surface area contributed by atoms with Crippen LogP contribution in [0.3, 0.4) is 0 Å². The minimum absolute atomic E-state index is 0.00496. The summed E-state index contributed by atoms with van der Waals surface area (Å²) in [5.74, 6) is -1.76. The molecule has 0 saturated carbocycles. The van der Waals surface area contributed by atoms with Crippen molar-refractivity contribution in [2.75, 3.05) is 23.8 Å². The molecule has 0 unspecified atom stereocenters. The third kappa shape index (κ3) is 10.1. The van der Waals surface area contributed by atoms with E-state index in [0.717, 1.165) is 0 Å². The smallest absolute Gasteiger partial charge is 0.272 e. The van der Waals surface area contributed by atoms with Gasteiger partial charge in [-0.3, -0.25) is 9.59 Å². The van der Waals surface area contributed by atoms with Crippen molar-refractivity contribution < 1.29 is 39.9 Å². The number of rotatable bonds is 10. The molecule has 1 saturated heterocycles. The summed E-state index contributed by atoms with van der Waals surface area (Å²) in [6.45, 7) is 8.60. The molecule has 5 rings (SSSR count). The fourth-order valence-electron chi connectivity index (χ4n) is 5.15. The molecule has 284 valence electrons. The number of anilines is 2. The molecular formula is C35H41F2N7O7S2. The standard InChI is InChI=1S/C18H19FN4O4S.C17H22FN3O3S/c1-12-7-13(3-4-15(12)19)21-17(24)16-8-14(9-23(16)2)28(25,26)22-18(5-6-20)10-27-11-18;1-11-8-12(6-7-14(11)18)19-16(22)15-9-13(10-21(15)5)25(23,24)20-17(2,3)4/h3-4,7-9,22H,5,10-11H2,1-2H3,(H,21,24);6-10,20H,1-5H3,(H,19,22). The van der Waals surface area contributed by atoms with Gasteiger partial charge in [-0.15, -0.1) is 0 Å². The van der Waals surface area contributed by atoms with Crippen molar-refractivity contribution in [2.24, 2.45) is 14.1 Å². The molecule has 0 spiro atoms. The average Bonchev–Trinajstić information content (AvgIpc) is 3.63. The molecule has 2 aromatic carbocycles. The van der Waals surface area contributed by atoms with Crippen molar-refractivity contribution in [1.29, 1.82) is 5.26 Å². The minimum atomic E-state index is -3.95. The number of halogens is 2. The molecule has 18 heteroatoms. The van der Waals surface area contributed by atoms with Crippen molar-refractivity contribution in [2.45, 2.75) is 61.9 Å². The van der Waals surface area contributed by atoms with Crippen LogP contribution in [0.4, 0.5) is 20.2 Å². The number of sulfonamides is 2. The van der Waals surface area contributed by atoms with Gasteiger partial charge in [-0.25, -0.2) is 30.3 Å². The fraction of sp³-hybridized carbons (Fsp3) is 0.343. The maximum atomic E-state index is 13.4. The first-order valence-corrected chi connectivity index (χ1v) is 19.0. The van der Waals surface area contributed by atoms with Gasteiger partial charge in [-0.05, 0) is 94.3 Å². The highest BCUT2D eigenvalue weighted by atomic mass is 32.2. The molecule has 0 atom stereocenters. The number of nitrogens with one attached hydrogen (secondary N) is 4. The van der Waals surface area contributed by atoms with E-state index >= 15 is 0 Å². The van der Waals surface area contributed by atoms with Gasteiger partial charge in [-0.2, -0.15) is 9.98 Å². The highest BCUT2D eigenvalue weighted by Gasteiger charge is 2.42. The molecule has 14 nitrogen and oxygen atoms in total. The van der Waals surface area contributed by atoms with Crippen molar-refractivity contribution in [3.8, 4) is 6.07 Å². The summed E-state index contributed by atoms with van der Waals surface area (Å²) >= 11 is 0. The second-order valence-electron chi connectivity index (χ2n) is 13.7. The van der Waals surface area contributed by atoms with Crippen LogP contribution in [-0.4, -0.2) is 62.1 Å². The largest absolute Gasteiger partial charge is 0.377 e. The van der Waals surface area contributed by atoms with Gasteiger partial charge < -0.3 is 24.5 Å². The van der Waals surface area contributed by atoms with Gasteiger partial charge in [0.2, 0.25) is 20.0 Å². The van der Waals surface area contributed by atoms with Crippen LogP contribution in [0.25, 0.3) is 0 Å². The summed E-state index contributed by atoms with van der Waals surface area (Å²) in [4.78, 5) is 24.8. The van der Waals surface area contributed by atoms with Crippen molar-refractivity contribution in [3.05, 3.63) is 95.1 Å². The van der Waals surface area contributed by atoms with E-state index in [9.17, 15) is 35.2 Å². The lowest BCUT2D eigenvalue weighted by molar-refractivity contribution is -0.0599. The Labute approximate surface area is 307 Å². The molecule has 2 amide bonds. The molecule has 0 bridgehead atoms. The lowest BCUT2D eigenvalue weighted by Crippen LogP contribution is -2.61. The van der Waals surface area contributed by atoms with Gasteiger partial charge in [0.15, 0.2) is 0 Å². The molecule has 4 aromatic rings. The highest BCUT2D eigenvalue weighted by Crippen LogP contribution is 2.25. The van der Waals surface area contributed by atoms with E-state index in [1.807, 2.05) is 6.07 Å². The Balaban J connectivity index is 0.000000238. The molecule has 1 aliphatic rings. The van der Waals surface area contributed by atoms with E-state index < -0.39 is 42.9 Å². The quantitative estimate of drug-likeness (QED) is 0.181. The van der Waals surface area contributed by atoms with E-state index in [-0.39, 0.29) is 52.4 Å². The summed E-state index contributed by atoms with van der Waals surface area (Å²) in [6.07, 6.45) is 2.67. The summed E-state index contributed by atoms with van der Waals surface area (Å²) in [6, 6.07) is 12.9. The van der Waals surface area contributed by atoms with Gasteiger partial charge in [0.05, 0.1) is 31.2 Å².